The number of hydrogen-bond acceptors (Lipinski definition) is 4. The van der Waals surface area contributed by atoms with Crippen molar-refractivity contribution in [2.45, 2.75) is 45.4 Å². The molecule has 2 aromatic carbocycles. The van der Waals surface area contributed by atoms with Gasteiger partial charge in [0.25, 0.3) is 0 Å². The Morgan fingerprint density at radius 3 is 2.54 bits per heavy atom. The number of aromatic nitrogens is 1. The second-order valence-electron chi connectivity index (χ2n) is 6.36. The fourth-order valence-corrected chi connectivity index (χ4v) is 3.70. The molecule has 0 unspecified atom stereocenters. The Morgan fingerprint density at radius 1 is 0.962 bits per heavy atom. The van der Waals surface area contributed by atoms with Gasteiger partial charge in [0.05, 0.1) is 21.6 Å². The van der Waals surface area contributed by atoms with E-state index in [4.69, 9.17) is 4.98 Å². The number of nitrogens with zero attached hydrogens (tertiary/aromatic N) is 3. The van der Waals surface area contributed by atoms with Crippen LogP contribution >= 0.6 is 11.3 Å². The maximum atomic E-state index is 4.71. The van der Waals surface area contributed by atoms with Crippen molar-refractivity contribution in [3.8, 4) is 0 Å². The minimum atomic E-state index is 0.883. The van der Waals surface area contributed by atoms with E-state index in [9.17, 15) is 0 Å². The third-order valence-electron chi connectivity index (χ3n) is 4.19. The number of azo groups is 1. The highest BCUT2D eigenvalue weighted by atomic mass is 32.1. The maximum Gasteiger partial charge on any atom is 0.119 e. The quantitative estimate of drug-likeness (QED) is 0.282. The third-order valence-corrected chi connectivity index (χ3v) is 5.17. The maximum absolute atomic E-state index is 4.71. The molecule has 0 spiro atoms. The molecule has 0 fully saturated rings. The van der Waals surface area contributed by atoms with Crippen LogP contribution in [-0.2, 0) is 0 Å². The van der Waals surface area contributed by atoms with Gasteiger partial charge in [-0.05, 0) is 43.2 Å². The Kier molecular flexibility index (Phi) is 7.08. The third kappa shape index (κ3) is 5.60. The number of unbranched alkanes of at least 4 members (excludes halogenated alkanes) is 4. The van der Waals surface area contributed by atoms with E-state index < -0.39 is 0 Å². The SMILES string of the molecule is CCCCCCC/C(=C/c1nc2ccccc2s1)N=Nc1ccccc1. The smallest absolute Gasteiger partial charge is 0.119 e. The first-order valence-corrected chi connectivity index (χ1v) is 10.2. The number of hydrogen-bond donors (Lipinski definition) is 0. The molecule has 1 heterocycles. The van der Waals surface area contributed by atoms with Gasteiger partial charge in [0.1, 0.15) is 5.01 Å². The number of fused-ring (bicyclic) bond motifs is 1. The lowest BCUT2D eigenvalue weighted by molar-refractivity contribution is 0.628. The Morgan fingerprint density at radius 2 is 1.73 bits per heavy atom. The summed E-state index contributed by atoms with van der Waals surface area (Å²) in [7, 11) is 0. The molecule has 0 amide bonds. The average molecular weight is 364 g/mol. The molecule has 0 bridgehead atoms. The zero-order chi connectivity index (χ0) is 18.0. The first kappa shape index (κ1) is 18.5. The molecule has 0 radical (unpaired) electrons. The van der Waals surface area contributed by atoms with E-state index in [2.05, 4.69) is 41.4 Å². The van der Waals surface area contributed by atoms with Crippen molar-refractivity contribution < 1.29 is 0 Å². The summed E-state index contributed by atoms with van der Waals surface area (Å²) in [4.78, 5) is 4.71. The molecule has 4 heteroatoms. The van der Waals surface area contributed by atoms with Crippen LogP contribution in [0.15, 0.2) is 70.5 Å². The molecule has 0 saturated carbocycles. The molecule has 0 saturated heterocycles. The standard InChI is InChI=1S/C22H25N3S/c1-2-3-4-5-7-14-19(25-24-18-12-8-6-9-13-18)17-22-23-20-15-10-11-16-21(20)26-22/h6,8-13,15-17H,2-5,7,14H2,1H3/b19-17-,25-24?. The second-order valence-corrected chi connectivity index (χ2v) is 7.42. The fourth-order valence-electron chi connectivity index (χ4n) is 2.77. The Balaban J connectivity index is 1.75. The molecule has 3 aromatic rings. The van der Waals surface area contributed by atoms with Gasteiger partial charge in [-0.15, -0.1) is 11.3 Å². The number of rotatable bonds is 9. The van der Waals surface area contributed by atoms with Gasteiger partial charge in [0.2, 0.25) is 0 Å². The lowest BCUT2D eigenvalue weighted by Gasteiger charge is -2.01. The van der Waals surface area contributed by atoms with Gasteiger partial charge >= 0.3 is 0 Å². The van der Waals surface area contributed by atoms with Crippen molar-refractivity contribution in [1.29, 1.82) is 0 Å². The number of thiazole rings is 1. The van der Waals surface area contributed by atoms with Crippen molar-refractivity contribution >= 4 is 33.3 Å². The lowest BCUT2D eigenvalue weighted by atomic mass is 10.1. The predicted molar refractivity (Wildman–Crippen MR) is 112 cm³/mol. The summed E-state index contributed by atoms with van der Waals surface area (Å²) in [5, 5.41) is 9.94. The van der Waals surface area contributed by atoms with Crippen molar-refractivity contribution in [2.24, 2.45) is 10.2 Å². The summed E-state index contributed by atoms with van der Waals surface area (Å²) < 4.78 is 1.21. The monoisotopic (exact) mass is 363 g/mol. The molecule has 0 aliphatic carbocycles. The molecule has 3 nitrogen and oxygen atoms in total. The lowest BCUT2D eigenvalue weighted by Crippen LogP contribution is -1.83. The van der Waals surface area contributed by atoms with Crippen LogP contribution in [0.3, 0.4) is 0 Å². The van der Waals surface area contributed by atoms with Gasteiger partial charge < -0.3 is 0 Å². The molecular weight excluding hydrogens is 338 g/mol. The molecule has 0 N–H and O–H groups in total. The highest BCUT2D eigenvalue weighted by molar-refractivity contribution is 7.19. The van der Waals surface area contributed by atoms with Gasteiger partial charge in [-0.1, -0.05) is 62.9 Å². The second kappa shape index (κ2) is 9.97. The fraction of sp³-hybridized carbons (Fsp3) is 0.318. The normalized spacial score (nSPS) is 12.3. The number of para-hydroxylation sites is 1. The van der Waals surface area contributed by atoms with E-state index in [1.807, 2.05) is 36.4 Å². The molecule has 3 rings (SSSR count). The van der Waals surface area contributed by atoms with Gasteiger partial charge in [-0.25, -0.2) is 4.98 Å². The van der Waals surface area contributed by atoms with Crippen molar-refractivity contribution in [3.63, 3.8) is 0 Å². The van der Waals surface area contributed by atoms with Crippen LogP contribution in [0, 0.1) is 0 Å². The van der Waals surface area contributed by atoms with Crippen molar-refractivity contribution in [2.75, 3.05) is 0 Å². The Hall–Kier alpha value is -2.33. The Bertz CT molecular complexity index is 832. The topological polar surface area (TPSA) is 37.6 Å². The summed E-state index contributed by atoms with van der Waals surface area (Å²) in [6, 6.07) is 18.1. The minimum Gasteiger partial charge on any atom is -0.237 e. The molecule has 0 aliphatic heterocycles. The summed E-state index contributed by atoms with van der Waals surface area (Å²) >= 11 is 1.71. The van der Waals surface area contributed by atoms with E-state index >= 15 is 0 Å². The summed E-state index contributed by atoms with van der Waals surface area (Å²) in [6.07, 6.45) is 9.29. The minimum absolute atomic E-state index is 0.883. The molecule has 26 heavy (non-hydrogen) atoms. The van der Waals surface area contributed by atoms with E-state index in [-0.39, 0.29) is 0 Å². The van der Waals surface area contributed by atoms with Crippen molar-refractivity contribution in [1.82, 2.24) is 4.98 Å². The zero-order valence-electron chi connectivity index (χ0n) is 15.3. The first-order valence-electron chi connectivity index (χ1n) is 9.38. The van der Waals surface area contributed by atoms with Crippen LogP contribution in [0.4, 0.5) is 5.69 Å². The predicted octanol–water partition coefficient (Wildman–Crippen LogP) is 7.78. The summed E-state index contributed by atoms with van der Waals surface area (Å²) in [6.45, 7) is 2.24. The van der Waals surface area contributed by atoms with Crippen LogP contribution in [0.25, 0.3) is 16.3 Å². The van der Waals surface area contributed by atoms with Crippen LogP contribution in [-0.4, -0.2) is 4.98 Å². The average Bonchev–Trinajstić information content (AvgIpc) is 3.09. The first-order chi connectivity index (χ1) is 12.8. The van der Waals surface area contributed by atoms with Crippen LogP contribution < -0.4 is 0 Å². The highest BCUT2D eigenvalue weighted by Crippen LogP contribution is 2.25. The van der Waals surface area contributed by atoms with Gasteiger partial charge in [-0.2, -0.15) is 10.2 Å². The van der Waals surface area contributed by atoms with E-state index in [1.165, 1.54) is 30.4 Å². The molecular formula is C22H25N3S. The summed E-state index contributed by atoms with van der Waals surface area (Å²) in [5.41, 5.74) is 2.93. The van der Waals surface area contributed by atoms with Crippen molar-refractivity contribution in [3.05, 3.63) is 65.3 Å². The summed E-state index contributed by atoms with van der Waals surface area (Å²) in [5.74, 6) is 0. The molecule has 0 aliphatic rings. The van der Waals surface area contributed by atoms with Gasteiger partial charge in [0.15, 0.2) is 0 Å². The van der Waals surface area contributed by atoms with E-state index in [0.29, 0.717) is 0 Å². The Labute approximate surface area is 159 Å². The van der Waals surface area contributed by atoms with Gasteiger partial charge in [0, 0.05) is 0 Å². The largest absolute Gasteiger partial charge is 0.237 e. The molecule has 1 aromatic heterocycles. The van der Waals surface area contributed by atoms with E-state index in [0.717, 1.165) is 34.8 Å². The van der Waals surface area contributed by atoms with Crippen LogP contribution in [0.2, 0.25) is 0 Å². The van der Waals surface area contributed by atoms with Crippen LogP contribution in [0.1, 0.15) is 50.5 Å². The van der Waals surface area contributed by atoms with Gasteiger partial charge in [-0.3, -0.25) is 0 Å². The zero-order valence-corrected chi connectivity index (χ0v) is 16.1. The number of allylic oxidation sites excluding steroid dienone is 1. The van der Waals surface area contributed by atoms with Crippen LogP contribution in [0.5, 0.6) is 0 Å². The number of benzene rings is 2. The molecule has 134 valence electrons. The van der Waals surface area contributed by atoms with E-state index in [1.54, 1.807) is 11.3 Å². The molecule has 0 atom stereocenters. The highest BCUT2D eigenvalue weighted by Gasteiger charge is 2.04.